The van der Waals surface area contributed by atoms with Crippen LogP contribution in [-0.4, -0.2) is 24.2 Å². The zero-order valence-corrected chi connectivity index (χ0v) is 12.5. The van der Waals surface area contributed by atoms with Crippen molar-refractivity contribution in [3.63, 3.8) is 0 Å². The van der Waals surface area contributed by atoms with Gasteiger partial charge in [0.05, 0.1) is 5.56 Å². The maximum Gasteiger partial charge on any atom is 0.416 e. The number of nitrogens with one attached hydrogen (secondary N) is 3. The summed E-state index contributed by atoms with van der Waals surface area (Å²) in [6.45, 7) is 3.29. The van der Waals surface area contributed by atoms with Crippen LogP contribution in [0.25, 0.3) is 0 Å². The molecule has 3 nitrogen and oxygen atoms in total. The Morgan fingerprint density at radius 3 is 2.76 bits per heavy atom. The zero-order valence-electron chi connectivity index (χ0n) is 11.7. The Labute approximate surface area is 127 Å². The lowest BCUT2D eigenvalue weighted by Gasteiger charge is -2.16. The van der Waals surface area contributed by atoms with Crippen LogP contribution in [-0.2, 0) is 6.18 Å². The first-order valence-electron chi connectivity index (χ1n) is 6.82. The SMILES string of the molecule is Cc1cc(NC(=S)NC[C@H]2CCCN2)cc(C(F)(F)F)c1. The smallest absolute Gasteiger partial charge is 0.361 e. The Kier molecular flexibility index (Phi) is 5.05. The van der Waals surface area contributed by atoms with Crippen molar-refractivity contribution in [2.45, 2.75) is 32.0 Å². The van der Waals surface area contributed by atoms with Gasteiger partial charge in [0.15, 0.2) is 5.11 Å². The predicted octanol–water partition coefficient (Wildman–Crippen LogP) is 3.05. The molecule has 0 radical (unpaired) electrons. The fraction of sp³-hybridized carbons (Fsp3) is 0.500. The highest BCUT2D eigenvalue weighted by Gasteiger charge is 2.31. The minimum absolute atomic E-state index is 0.336. The standard InChI is InChI=1S/C14H18F3N3S/c1-9-5-10(14(15,16)17)7-12(6-9)20-13(21)19-8-11-3-2-4-18-11/h5-7,11,18H,2-4,8H2,1H3,(H2,19,20,21)/t11-/m1/s1. The van der Waals surface area contributed by atoms with Gasteiger partial charge in [0.2, 0.25) is 0 Å². The number of anilines is 1. The molecule has 0 aromatic heterocycles. The Morgan fingerprint density at radius 2 is 2.14 bits per heavy atom. The van der Waals surface area contributed by atoms with Crippen LogP contribution in [0.3, 0.4) is 0 Å². The summed E-state index contributed by atoms with van der Waals surface area (Å²) in [4.78, 5) is 0. The molecule has 1 heterocycles. The molecule has 21 heavy (non-hydrogen) atoms. The first kappa shape index (κ1) is 16.0. The van der Waals surface area contributed by atoms with Crippen molar-refractivity contribution >= 4 is 23.0 Å². The van der Waals surface area contributed by atoms with Crippen molar-refractivity contribution in [1.29, 1.82) is 0 Å². The average molecular weight is 317 g/mol. The molecular weight excluding hydrogens is 299 g/mol. The number of alkyl halides is 3. The van der Waals surface area contributed by atoms with E-state index in [2.05, 4.69) is 16.0 Å². The molecule has 1 atom stereocenters. The minimum Gasteiger partial charge on any atom is -0.361 e. The molecule has 2 rings (SSSR count). The summed E-state index contributed by atoms with van der Waals surface area (Å²) >= 11 is 5.12. The monoisotopic (exact) mass is 317 g/mol. The second-order valence-corrected chi connectivity index (χ2v) is 5.62. The van der Waals surface area contributed by atoms with Crippen LogP contribution in [0.15, 0.2) is 18.2 Å². The Bertz CT molecular complexity index is 511. The fourth-order valence-electron chi connectivity index (χ4n) is 2.34. The van der Waals surface area contributed by atoms with Crippen LogP contribution in [0.2, 0.25) is 0 Å². The third kappa shape index (κ3) is 4.86. The van der Waals surface area contributed by atoms with E-state index in [-0.39, 0.29) is 0 Å². The third-order valence-corrected chi connectivity index (χ3v) is 3.58. The van der Waals surface area contributed by atoms with Gasteiger partial charge in [-0.15, -0.1) is 0 Å². The van der Waals surface area contributed by atoms with E-state index < -0.39 is 11.7 Å². The molecule has 1 aliphatic heterocycles. The van der Waals surface area contributed by atoms with Crippen LogP contribution in [0.4, 0.5) is 18.9 Å². The highest BCUT2D eigenvalue weighted by atomic mass is 32.1. The number of hydrogen-bond acceptors (Lipinski definition) is 2. The Hall–Kier alpha value is -1.34. The van der Waals surface area contributed by atoms with Gasteiger partial charge in [-0.1, -0.05) is 0 Å². The van der Waals surface area contributed by atoms with Crippen molar-refractivity contribution in [3.05, 3.63) is 29.3 Å². The number of thiocarbonyl (C=S) groups is 1. The molecule has 0 saturated carbocycles. The number of hydrogen-bond donors (Lipinski definition) is 3. The van der Waals surface area contributed by atoms with Gasteiger partial charge in [-0.2, -0.15) is 13.2 Å². The van der Waals surface area contributed by atoms with E-state index >= 15 is 0 Å². The van der Waals surface area contributed by atoms with Gasteiger partial charge in [-0.3, -0.25) is 0 Å². The largest absolute Gasteiger partial charge is 0.416 e. The van der Waals surface area contributed by atoms with Crippen molar-refractivity contribution in [1.82, 2.24) is 10.6 Å². The van der Waals surface area contributed by atoms with Crippen molar-refractivity contribution in [2.24, 2.45) is 0 Å². The van der Waals surface area contributed by atoms with E-state index in [4.69, 9.17) is 12.2 Å². The molecule has 1 saturated heterocycles. The molecule has 1 aromatic rings. The van der Waals surface area contributed by atoms with Crippen LogP contribution in [0.5, 0.6) is 0 Å². The first-order valence-corrected chi connectivity index (χ1v) is 7.22. The second kappa shape index (κ2) is 6.62. The van der Waals surface area contributed by atoms with Gasteiger partial charge >= 0.3 is 6.18 Å². The molecule has 0 amide bonds. The van der Waals surface area contributed by atoms with Crippen LogP contribution in [0, 0.1) is 6.92 Å². The quantitative estimate of drug-likeness (QED) is 0.749. The van der Waals surface area contributed by atoms with Crippen LogP contribution in [0.1, 0.15) is 24.0 Å². The van der Waals surface area contributed by atoms with Gasteiger partial charge in [-0.05, 0) is 62.3 Å². The summed E-state index contributed by atoms with van der Waals surface area (Å²) in [5, 5.41) is 9.49. The maximum absolute atomic E-state index is 12.8. The van der Waals surface area contributed by atoms with E-state index in [1.165, 1.54) is 0 Å². The van der Waals surface area contributed by atoms with E-state index in [9.17, 15) is 13.2 Å². The minimum atomic E-state index is -4.36. The summed E-state index contributed by atoms with van der Waals surface area (Å²) in [6.07, 6.45) is -2.14. The summed E-state index contributed by atoms with van der Waals surface area (Å²) in [5.41, 5.74) is 0.206. The number of benzene rings is 1. The molecule has 3 N–H and O–H groups in total. The topological polar surface area (TPSA) is 36.1 Å². The van der Waals surface area contributed by atoms with Gasteiger partial charge in [-0.25, -0.2) is 0 Å². The second-order valence-electron chi connectivity index (χ2n) is 5.21. The van der Waals surface area contributed by atoms with Crippen LogP contribution >= 0.6 is 12.2 Å². The van der Waals surface area contributed by atoms with E-state index in [0.717, 1.165) is 31.5 Å². The molecule has 7 heteroatoms. The highest BCUT2D eigenvalue weighted by Crippen LogP contribution is 2.31. The lowest BCUT2D eigenvalue weighted by molar-refractivity contribution is -0.137. The summed E-state index contributed by atoms with van der Waals surface area (Å²) in [5.74, 6) is 0. The molecule has 0 spiro atoms. The first-order chi connectivity index (χ1) is 9.84. The molecule has 1 aliphatic rings. The normalized spacial score (nSPS) is 18.6. The predicted molar refractivity (Wildman–Crippen MR) is 81.4 cm³/mol. The average Bonchev–Trinajstić information content (AvgIpc) is 2.87. The lowest BCUT2D eigenvalue weighted by Crippen LogP contribution is -2.39. The van der Waals surface area contributed by atoms with Crippen molar-refractivity contribution in [2.75, 3.05) is 18.4 Å². The van der Waals surface area contributed by atoms with Gasteiger partial charge in [0.1, 0.15) is 0 Å². The number of rotatable bonds is 3. The number of aryl methyl sites for hydroxylation is 1. The van der Waals surface area contributed by atoms with Gasteiger partial charge in [0.25, 0.3) is 0 Å². The Morgan fingerprint density at radius 1 is 1.38 bits per heavy atom. The van der Waals surface area contributed by atoms with E-state index in [1.807, 2.05) is 0 Å². The molecule has 1 fully saturated rings. The van der Waals surface area contributed by atoms with Gasteiger partial charge < -0.3 is 16.0 Å². The maximum atomic E-state index is 12.8. The van der Waals surface area contributed by atoms with Gasteiger partial charge in [0, 0.05) is 18.3 Å². The summed E-state index contributed by atoms with van der Waals surface area (Å²) in [6, 6.07) is 4.18. The summed E-state index contributed by atoms with van der Waals surface area (Å²) in [7, 11) is 0. The summed E-state index contributed by atoms with van der Waals surface area (Å²) < 4.78 is 38.3. The Balaban J connectivity index is 1.95. The molecule has 116 valence electrons. The lowest BCUT2D eigenvalue weighted by atomic mass is 10.1. The fourth-order valence-corrected chi connectivity index (χ4v) is 2.54. The molecular formula is C14H18F3N3S. The molecule has 0 unspecified atom stereocenters. The van der Waals surface area contributed by atoms with E-state index in [1.54, 1.807) is 13.0 Å². The number of halogens is 3. The zero-order chi connectivity index (χ0) is 15.5. The molecule has 0 aliphatic carbocycles. The highest BCUT2D eigenvalue weighted by molar-refractivity contribution is 7.80. The van der Waals surface area contributed by atoms with Crippen LogP contribution < -0.4 is 16.0 Å². The third-order valence-electron chi connectivity index (χ3n) is 3.33. The molecule has 0 bridgehead atoms. The van der Waals surface area contributed by atoms with Crippen molar-refractivity contribution in [3.8, 4) is 0 Å². The van der Waals surface area contributed by atoms with Crippen molar-refractivity contribution < 1.29 is 13.2 Å². The van der Waals surface area contributed by atoms with E-state index in [0.29, 0.717) is 28.9 Å². The molecule has 1 aromatic carbocycles.